The van der Waals surface area contributed by atoms with Gasteiger partial charge in [0.2, 0.25) is 5.91 Å². The van der Waals surface area contributed by atoms with Crippen LogP contribution in [0.1, 0.15) is 213 Å². The number of amides is 1. The number of aliphatic hydroxyl groups excluding tert-OH is 2. The van der Waals surface area contributed by atoms with E-state index >= 15 is 0 Å². The first-order valence-corrected chi connectivity index (χ1v) is 22.4. The average Bonchev–Trinajstić information content (AvgIpc) is 3.16. The first-order valence-electron chi connectivity index (χ1n) is 22.4. The average molecular weight is 744 g/mol. The van der Waals surface area contributed by atoms with Gasteiger partial charge >= 0.3 is 5.97 Å². The smallest absolute Gasteiger partial charge is 0.305 e. The zero-order valence-corrected chi connectivity index (χ0v) is 34.7. The van der Waals surface area contributed by atoms with E-state index in [-0.39, 0.29) is 18.5 Å². The summed E-state index contributed by atoms with van der Waals surface area (Å²) >= 11 is 0. The molecule has 0 heterocycles. The molecule has 6 nitrogen and oxygen atoms in total. The van der Waals surface area contributed by atoms with Gasteiger partial charge < -0.3 is 20.3 Å². The summed E-state index contributed by atoms with van der Waals surface area (Å²) in [5.74, 6) is -0.134. The molecule has 0 aromatic heterocycles. The molecule has 0 bridgehead atoms. The summed E-state index contributed by atoms with van der Waals surface area (Å²) < 4.78 is 5.43. The lowest BCUT2D eigenvalue weighted by Gasteiger charge is -2.19. The third-order valence-electron chi connectivity index (χ3n) is 9.81. The quantitative estimate of drug-likeness (QED) is 0.0330. The molecule has 0 radical (unpaired) electrons. The molecule has 0 aliphatic rings. The molecule has 0 aliphatic carbocycles. The summed E-state index contributed by atoms with van der Waals surface area (Å²) in [4.78, 5) is 24.3. The minimum atomic E-state index is -0.860. The van der Waals surface area contributed by atoms with Crippen LogP contribution >= 0.6 is 0 Å². The van der Waals surface area contributed by atoms with Crippen LogP contribution in [0.4, 0.5) is 0 Å². The molecule has 0 aromatic rings. The monoisotopic (exact) mass is 744 g/mol. The molecule has 0 saturated heterocycles. The highest BCUT2D eigenvalue weighted by Gasteiger charge is 2.17. The van der Waals surface area contributed by atoms with Crippen molar-refractivity contribution >= 4 is 11.9 Å². The van der Waals surface area contributed by atoms with Crippen molar-refractivity contribution in [2.75, 3.05) is 13.2 Å². The van der Waals surface area contributed by atoms with E-state index in [0.717, 1.165) is 83.5 Å². The van der Waals surface area contributed by atoms with Crippen LogP contribution in [0.3, 0.4) is 0 Å². The summed E-state index contributed by atoms with van der Waals surface area (Å²) in [6, 6.07) is -0.647. The lowest BCUT2D eigenvalue weighted by atomic mass is 10.1. The number of aliphatic hydroxyl groups is 2. The molecule has 2 unspecified atom stereocenters. The van der Waals surface area contributed by atoms with Crippen molar-refractivity contribution in [1.82, 2.24) is 5.32 Å². The molecule has 0 aliphatic heterocycles. The van der Waals surface area contributed by atoms with Gasteiger partial charge in [-0.1, -0.05) is 165 Å². The number of carbonyl (C=O) groups is 2. The topological polar surface area (TPSA) is 95.9 Å². The number of esters is 1. The fourth-order valence-corrected chi connectivity index (χ4v) is 6.29. The van der Waals surface area contributed by atoms with Gasteiger partial charge in [0.25, 0.3) is 0 Å². The van der Waals surface area contributed by atoms with E-state index in [1.807, 2.05) is 6.08 Å². The number of rotatable bonds is 40. The highest BCUT2D eigenvalue weighted by atomic mass is 16.5. The molecule has 53 heavy (non-hydrogen) atoms. The predicted octanol–water partition coefficient (Wildman–Crippen LogP) is 12.7. The number of hydrogen-bond acceptors (Lipinski definition) is 5. The minimum absolute atomic E-state index is 0.0305. The van der Waals surface area contributed by atoms with Crippen LogP contribution in [0, 0.1) is 0 Å². The van der Waals surface area contributed by atoms with Crippen LogP contribution in [0.25, 0.3) is 0 Å². The Bertz CT molecular complexity index is 911. The summed E-state index contributed by atoms with van der Waals surface area (Å²) in [6.07, 6.45) is 51.0. The predicted molar refractivity (Wildman–Crippen MR) is 227 cm³/mol. The zero-order valence-electron chi connectivity index (χ0n) is 34.7. The Labute approximate surface area is 327 Å². The molecule has 2 atom stereocenters. The lowest BCUT2D eigenvalue weighted by Crippen LogP contribution is -2.45. The van der Waals surface area contributed by atoms with E-state index in [9.17, 15) is 19.8 Å². The molecule has 308 valence electrons. The number of carbonyl (C=O) groups excluding carboxylic acids is 2. The minimum Gasteiger partial charge on any atom is -0.466 e. The molecule has 0 rings (SSSR count). The first kappa shape index (κ1) is 50.8. The Morgan fingerprint density at radius 3 is 1.53 bits per heavy atom. The summed E-state index contributed by atoms with van der Waals surface area (Å²) in [7, 11) is 0. The van der Waals surface area contributed by atoms with Gasteiger partial charge in [-0.3, -0.25) is 9.59 Å². The largest absolute Gasteiger partial charge is 0.466 e. The summed E-state index contributed by atoms with van der Waals surface area (Å²) in [6.45, 7) is 4.76. The van der Waals surface area contributed by atoms with Crippen LogP contribution < -0.4 is 5.32 Å². The second-order valence-electron chi connectivity index (χ2n) is 15.0. The maximum absolute atomic E-state index is 12.3. The van der Waals surface area contributed by atoms with E-state index in [1.54, 1.807) is 6.08 Å². The van der Waals surface area contributed by atoms with Crippen molar-refractivity contribution in [3.05, 3.63) is 48.6 Å². The fraction of sp³-hybridized carbons (Fsp3) is 0.787. The summed E-state index contributed by atoms with van der Waals surface area (Å²) in [5.41, 5.74) is 0. The van der Waals surface area contributed by atoms with Crippen molar-refractivity contribution < 1.29 is 24.5 Å². The van der Waals surface area contributed by atoms with Gasteiger partial charge in [-0.05, 0) is 83.5 Å². The van der Waals surface area contributed by atoms with Crippen molar-refractivity contribution in [2.24, 2.45) is 0 Å². The molecular formula is C47H85NO5. The van der Waals surface area contributed by atoms with Gasteiger partial charge in [0.15, 0.2) is 0 Å². The first-order chi connectivity index (χ1) is 26.0. The molecule has 0 saturated carbocycles. The van der Waals surface area contributed by atoms with Crippen LogP contribution in [-0.4, -0.2) is 47.4 Å². The van der Waals surface area contributed by atoms with Crippen molar-refractivity contribution in [1.29, 1.82) is 0 Å². The molecule has 3 N–H and O–H groups in total. The highest BCUT2D eigenvalue weighted by molar-refractivity contribution is 5.76. The number of nitrogens with one attached hydrogen (secondary N) is 1. The third kappa shape index (κ3) is 39.3. The Morgan fingerprint density at radius 1 is 0.528 bits per heavy atom. The van der Waals surface area contributed by atoms with E-state index in [0.29, 0.717) is 19.4 Å². The Kier molecular flexibility index (Phi) is 40.8. The number of unbranched alkanes of at least 4 members (excludes halogenated alkanes) is 23. The van der Waals surface area contributed by atoms with Crippen LogP contribution in [0.2, 0.25) is 0 Å². The number of allylic oxidation sites excluding steroid dienone is 7. The van der Waals surface area contributed by atoms with Gasteiger partial charge in [0.05, 0.1) is 25.4 Å². The van der Waals surface area contributed by atoms with Gasteiger partial charge in [-0.15, -0.1) is 0 Å². The van der Waals surface area contributed by atoms with Gasteiger partial charge in [-0.2, -0.15) is 0 Å². The van der Waals surface area contributed by atoms with E-state index in [4.69, 9.17) is 4.74 Å². The van der Waals surface area contributed by atoms with Crippen molar-refractivity contribution in [3.8, 4) is 0 Å². The van der Waals surface area contributed by atoms with E-state index in [1.165, 1.54) is 103 Å². The van der Waals surface area contributed by atoms with Crippen LogP contribution in [0.15, 0.2) is 48.6 Å². The van der Waals surface area contributed by atoms with Gasteiger partial charge in [-0.25, -0.2) is 0 Å². The van der Waals surface area contributed by atoms with Crippen molar-refractivity contribution in [2.45, 2.75) is 225 Å². The highest BCUT2D eigenvalue weighted by Crippen LogP contribution is 2.12. The molecule has 6 heteroatoms. The van der Waals surface area contributed by atoms with Crippen LogP contribution in [0.5, 0.6) is 0 Å². The normalized spacial score (nSPS) is 13.2. The zero-order chi connectivity index (χ0) is 38.7. The van der Waals surface area contributed by atoms with Gasteiger partial charge in [0.1, 0.15) is 0 Å². The van der Waals surface area contributed by atoms with Crippen molar-refractivity contribution in [3.63, 3.8) is 0 Å². The Morgan fingerprint density at radius 2 is 0.962 bits per heavy atom. The Balaban J connectivity index is 3.54. The van der Waals surface area contributed by atoms with Crippen LogP contribution in [-0.2, 0) is 14.3 Å². The number of ether oxygens (including phenoxy) is 1. The van der Waals surface area contributed by atoms with Gasteiger partial charge in [0, 0.05) is 12.8 Å². The lowest BCUT2D eigenvalue weighted by molar-refractivity contribution is -0.143. The van der Waals surface area contributed by atoms with E-state index in [2.05, 4.69) is 55.6 Å². The SMILES string of the molecule is CCCC/C=C\C/C=C\CCCCCCCC(=O)OCCCCCCCC/C=C\CCCCCC(=O)NC(CO)C(O)/C=C/CCCCCCCCC. The molecule has 0 spiro atoms. The maximum Gasteiger partial charge on any atom is 0.305 e. The molecule has 0 fully saturated rings. The Hall–Kier alpha value is -2.18. The molecule has 0 aromatic carbocycles. The third-order valence-corrected chi connectivity index (χ3v) is 9.81. The number of hydrogen-bond donors (Lipinski definition) is 3. The maximum atomic E-state index is 12.3. The molecule has 1 amide bonds. The second-order valence-corrected chi connectivity index (χ2v) is 15.0. The second kappa shape index (κ2) is 42.6. The summed E-state index contributed by atoms with van der Waals surface area (Å²) in [5, 5.41) is 22.8. The molecular weight excluding hydrogens is 659 g/mol. The van der Waals surface area contributed by atoms with E-state index < -0.39 is 12.1 Å². The standard InChI is InChI=1S/C47H85NO5/c1-3-5-7-9-11-13-14-15-18-21-25-29-33-37-41-47(52)53-42-38-34-30-26-22-19-16-17-20-24-28-32-36-40-46(51)48-44(43-49)45(50)39-35-31-27-23-12-10-8-6-4-2/h9,11,14-15,17,20,35,39,44-45,49-50H,3-8,10,12-13,16,18-19,21-34,36-38,40-43H2,1-2H3,(H,48,51)/b11-9-,15-14-,20-17-,39-35+. The fourth-order valence-electron chi connectivity index (χ4n) is 6.29.